The molecule has 1 saturated heterocycles. The molecular formula is C15H18N2O4. The minimum atomic E-state index is -0.460. The number of carbonyl (C=O) groups excluding carboxylic acids is 2. The number of hydrogen-bond donors (Lipinski definition) is 1. The first-order chi connectivity index (χ1) is 10.1. The molecule has 1 N–H and O–H groups in total. The molecule has 1 fully saturated rings. The molecule has 0 spiro atoms. The Morgan fingerprint density at radius 3 is 2.86 bits per heavy atom. The third-order valence-corrected chi connectivity index (χ3v) is 3.72. The number of amides is 2. The van der Waals surface area contributed by atoms with Crippen LogP contribution in [0.15, 0.2) is 18.2 Å². The van der Waals surface area contributed by atoms with Crippen molar-refractivity contribution >= 4 is 11.8 Å². The molecule has 6 heteroatoms. The summed E-state index contributed by atoms with van der Waals surface area (Å²) in [5.74, 6) is 1.15. The van der Waals surface area contributed by atoms with Crippen molar-refractivity contribution in [1.29, 1.82) is 0 Å². The van der Waals surface area contributed by atoms with Crippen LogP contribution in [0.25, 0.3) is 0 Å². The SMILES string of the molecule is CC(C)N1C(=O)CC(NCc2cccc3c2OCO3)C1=O. The van der Waals surface area contributed by atoms with Crippen molar-refractivity contribution in [3.8, 4) is 11.5 Å². The van der Waals surface area contributed by atoms with E-state index in [9.17, 15) is 9.59 Å². The fourth-order valence-corrected chi connectivity index (χ4v) is 2.72. The third-order valence-electron chi connectivity index (χ3n) is 3.72. The molecule has 2 heterocycles. The number of para-hydroxylation sites is 1. The molecule has 3 rings (SSSR count). The number of hydrogen-bond acceptors (Lipinski definition) is 5. The maximum atomic E-state index is 12.2. The zero-order chi connectivity index (χ0) is 15.0. The van der Waals surface area contributed by atoms with Crippen LogP contribution in [0.3, 0.4) is 0 Å². The highest BCUT2D eigenvalue weighted by atomic mass is 16.7. The Morgan fingerprint density at radius 2 is 2.14 bits per heavy atom. The molecular weight excluding hydrogens is 272 g/mol. The first kappa shape index (κ1) is 13.9. The average Bonchev–Trinajstić information content (AvgIpc) is 3.01. The summed E-state index contributed by atoms with van der Waals surface area (Å²) >= 11 is 0. The normalized spacial score (nSPS) is 20.7. The van der Waals surface area contributed by atoms with Crippen LogP contribution < -0.4 is 14.8 Å². The summed E-state index contributed by atoms with van der Waals surface area (Å²) in [4.78, 5) is 25.4. The van der Waals surface area contributed by atoms with Crippen LogP contribution in [0.1, 0.15) is 25.8 Å². The number of ether oxygens (including phenoxy) is 2. The van der Waals surface area contributed by atoms with E-state index in [0.717, 1.165) is 5.56 Å². The third kappa shape index (κ3) is 2.47. The van der Waals surface area contributed by atoms with Gasteiger partial charge in [0.2, 0.25) is 18.6 Å². The van der Waals surface area contributed by atoms with Crippen LogP contribution in [-0.4, -0.2) is 35.6 Å². The Balaban J connectivity index is 1.68. The lowest BCUT2D eigenvalue weighted by molar-refractivity contribution is -0.140. The van der Waals surface area contributed by atoms with Gasteiger partial charge >= 0.3 is 0 Å². The van der Waals surface area contributed by atoms with Crippen LogP contribution in [0.2, 0.25) is 0 Å². The fourth-order valence-electron chi connectivity index (χ4n) is 2.72. The van der Waals surface area contributed by atoms with Gasteiger partial charge in [-0.25, -0.2) is 0 Å². The molecule has 1 atom stereocenters. The topological polar surface area (TPSA) is 67.9 Å². The standard InChI is InChI=1S/C15H18N2O4/c1-9(2)17-13(18)6-11(15(17)19)16-7-10-4-3-5-12-14(10)21-8-20-12/h3-5,9,11,16H,6-8H2,1-2H3. The second-order valence-corrected chi connectivity index (χ2v) is 5.48. The molecule has 21 heavy (non-hydrogen) atoms. The van der Waals surface area contributed by atoms with Crippen LogP contribution in [0.5, 0.6) is 11.5 Å². The van der Waals surface area contributed by atoms with Crippen molar-refractivity contribution in [1.82, 2.24) is 10.2 Å². The number of nitrogens with zero attached hydrogens (tertiary/aromatic N) is 1. The molecule has 1 unspecified atom stereocenters. The van der Waals surface area contributed by atoms with Gasteiger partial charge in [-0.2, -0.15) is 0 Å². The van der Waals surface area contributed by atoms with E-state index in [1.54, 1.807) is 0 Å². The smallest absolute Gasteiger partial charge is 0.247 e. The molecule has 2 aliphatic rings. The summed E-state index contributed by atoms with van der Waals surface area (Å²) in [5, 5.41) is 3.15. The highest BCUT2D eigenvalue weighted by Gasteiger charge is 2.39. The first-order valence-electron chi connectivity index (χ1n) is 7.04. The summed E-state index contributed by atoms with van der Waals surface area (Å²) < 4.78 is 10.7. The second kappa shape index (κ2) is 5.37. The second-order valence-electron chi connectivity index (χ2n) is 5.48. The Kier molecular flexibility index (Phi) is 3.55. The molecule has 6 nitrogen and oxygen atoms in total. The van der Waals surface area contributed by atoms with Gasteiger partial charge in [0.05, 0.1) is 12.5 Å². The van der Waals surface area contributed by atoms with Crippen LogP contribution in [-0.2, 0) is 16.1 Å². The van der Waals surface area contributed by atoms with E-state index < -0.39 is 6.04 Å². The van der Waals surface area contributed by atoms with Crippen LogP contribution >= 0.6 is 0 Å². The number of nitrogens with one attached hydrogen (secondary N) is 1. The van der Waals surface area contributed by atoms with Crippen molar-refractivity contribution in [2.45, 2.75) is 38.9 Å². The number of fused-ring (bicyclic) bond motifs is 1. The number of carbonyl (C=O) groups is 2. The summed E-state index contributed by atoms with van der Waals surface area (Å²) in [6, 6.07) is 5.08. The molecule has 1 aromatic rings. The molecule has 2 amide bonds. The molecule has 112 valence electrons. The Hall–Kier alpha value is -2.08. The average molecular weight is 290 g/mol. The largest absolute Gasteiger partial charge is 0.454 e. The molecule has 0 aliphatic carbocycles. The Morgan fingerprint density at radius 1 is 1.33 bits per heavy atom. The number of benzene rings is 1. The number of imide groups is 1. The van der Waals surface area contributed by atoms with Gasteiger partial charge in [0.1, 0.15) is 0 Å². The van der Waals surface area contributed by atoms with Crippen molar-refractivity contribution in [2.24, 2.45) is 0 Å². The van der Waals surface area contributed by atoms with Crippen molar-refractivity contribution in [2.75, 3.05) is 6.79 Å². The van der Waals surface area contributed by atoms with E-state index in [1.165, 1.54) is 4.90 Å². The van der Waals surface area contributed by atoms with Crippen molar-refractivity contribution in [3.63, 3.8) is 0 Å². The summed E-state index contributed by atoms with van der Waals surface area (Å²) in [6.07, 6.45) is 0.212. The molecule has 0 radical (unpaired) electrons. The molecule has 0 saturated carbocycles. The molecule has 0 aromatic heterocycles. The minimum Gasteiger partial charge on any atom is -0.454 e. The predicted octanol–water partition coefficient (Wildman–Crippen LogP) is 1.04. The van der Waals surface area contributed by atoms with Gasteiger partial charge in [-0.1, -0.05) is 12.1 Å². The van der Waals surface area contributed by atoms with Gasteiger partial charge in [-0.15, -0.1) is 0 Å². The van der Waals surface area contributed by atoms with Gasteiger partial charge in [-0.05, 0) is 19.9 Å². The Bertz CT molecular complexity index is 585. The van der Waals surface area contributed by atoms with E-state index in [2.05, 4.69) is 5.32 Å². The minimum absolute atomic E-state index is 0.102. The van der Waals surface area contributed by atoms with Gasteiger partial charge in [0.25, 0.3) is 0 Å². The van der Waals surface area contributed by atoms with E-state index in [-0.39, 0.29) is 31.1 Å². The Labute approximate surface area is 123 Å². The monoisotopic (exact) mass is 290 g/mol. The van der Waals surface area contributed by atoms with Crippen LogP contribution in [0, 0.1) is 0 Å². The summed E-state index contributed by atoms with van der Waals surface area (Å²) in [7, 11) is 0. The molecule has 1 aromatic carbocycles. The summed E-state index contributed by atoms with van der Waals surface area (Å²) in [6.45, 7) is 4.36. The van der Waals surface area contributed by atoms with E-state index >= 15 is 0 Å². The lowest BCUT2D eigenvalue weighted by Crippen LogP contribution is -2.41. The maximum Gasteiger partial charge on any atom is 0.247 e. The van der Waals surface area contributed by atoms with Gasteiger partial charge in [0.15, 0.2) is 11.5 Å². The van der Waals surface area contributed by atoms with Crippen molar-refractivity contribution < 1.29 is 19.1 Å². The van der Waals surface area contributed by atoms with E-state index in [4.69, 9.17) is 9.47 Å². The first-order valence-corrected chi connectivity index (χ1v) is 7.04. The fraction of sp³-hybridized carbons (Fsp3) is 0.467. The van der Waals surface area contributed by atoms with Gasteiger partial charge in [-0.3, -0.25) is 14.5 Å². The maximum absolute atomic E-state index is 12.2. The van der Waals surface area contributed by atoms with Crippen LogP contribution in [0.4, 0.5) is 0 Å². The van der Waals surface area contributed by atoms with E-state index in [0.29, 0.717) is 18.0 Å². The highest BCUT2D eigenvalue weighted by molar-refractivity contribution is 6.05. The van der Waals surface area contributed by atoms with Crippen molar-refractivity contribution in [3.05, 3.63) is 23.8 Å². The predicted molar refractivity (Wildman–Crippen MR) is 74.8 cm³/mol. The van der Waals surface area contributed by atoms with Gasteiger partial charge in [0, 0.05) is 18.2 Å². The lowest BCUT2D eigenvalue weighted by atomic mass is 10.1. The zero-order valence-electron chi connectivity index (χ0n) is 12.1. The highest BCUT2D eigenvalue weighted by Crippen LogP contribution is 2.35. The van der Waals surface area contributed by atoms with E-state index in [1.807, 2.05) is 32.0 Å². The number of rotatable bonds is 4. The van der Waals surface area contributed by atoms with Gasteiger partial charge < -0.3 is 14.8 Å². The molecule has 0 bridgehead atoms. The lowest BCUT2D eigenvalue weighted by Gasteiger charge is -2.19. The zero-order valence-corrected chi connectivity index (χ0v) is 12.1. The number of likely N-dealkylation sites (tertiary alicyclic amines) is 1. The summed E-state index contributed by atoms with van der Waals surface area (Å²) in [5.41, 5.74) is 0.924. The molecule has 2 aliphatic heterocycles. The quantitative estimate of drug-likeness (QED) is 0.839.